The first-order valence-electron chi connectivity index (χ1n) is 12.2. The fraction of sp³-hybridized carbons (Fsp3) is 0.423. The molecule has 0 amide bonds. The molecule has 2 aromatic heterocycles. The smallest absolute Gasteiger partial charge is 0.206 e. The van der Waals surface area contributed by atoms with Gasteiger partial charge in [0.1, 0.15) is 29.6 Å². The molecule has 35 heavy (non-hydrogen) atoms. The van der Waals surface area contributed by atoms with Crippen LogP contribution in [0.3, 0.4) is 0 Å². The van der Waals surface area contributed by atoms with Gasteiger partial charge in [-0.25, -0.2) is 4.98 Å². The van der Waals surface area contributed by atoms with Crippen LogP contribution < -0.4 is 15.4 Å². The van der Waals surface area contributed by atoms with Gasteiger partial charge in [-0.1, -0.05) is 19.3 Å². The van der Waals surface area contributed by atoms with Crippen LogP contribution in [0.1, 0.15) is 60.9 Å². The summed E-state index contributed by atoms with van der Waals surface area (Å²) in [5.74, 6) is 3.01. The second kappa shape index (κ2) is 9.47. The minimum atomic E-state index is -0.157. The third-order valence-corrected chi connectivity index (χ3v) is 6.94. The molecule has 9 heteroatoms. The van der Waals surface area contributed by atoms with Crippen molar-refractivity contribution in [1.29, 1.82) is 5.26 Å². The highest BCUT2D eigenvalue weighted by Crippen LogP contribution is 2.37. The van der Waals surface area contributed by atoms with Gasteiger partial charge in [-0.05, 0) is 38.8 Å². The number of nitrogens with zero attached hydrogens (tertiary/aromatic N) is 5. The number of aromatic nitrogens is 3. The Bertz CT molecular complexity index is 1290. The number of aromatic amines is 1. The monoisotopic (exact) mass is 472 g/mol. The van der Waals surface area contributed by atoms with Crippen LogP contribution in [0.2, 0.25) is 0 Å². The van der Waals surface area contributed by atoms with Crippen molar-refractivity contribution in [2.75, 3.05) is 19.5 Å². The number of imidazole rings is 1. The van der Waals surface area contributed by atoms with Gasteiger partial charge in [0.15, 0.2) is 0 Å². The van der Waals surface area contributed by atoms with Crippen molar-refractivity contribution in [1.82, 2.24) is 24.8 Å². The largest absolute Gasteiger partial charge is 0.494 e. The maximum absolute atomic E-state index is 9.70. The second-order valence-electron chi connectivity index (χ2n) is 9.34. The highest BCUT2D eigenvalue weighted by Gasteiger charge is 2.33. The Morgan fingerprint density at radius 1 is 1.20 bits per heavy atom. The predicted molar refractivity (Wildman–Crippen MR) is 136 cm³/mol. The van der Waals surface area contributed by atoms with Crippen molar-refractivity contribution < 1.29 is 4.74 Å². The zero-order valence-electron chi connectivity index (χ0n) is 20.7. The maximum atomic E-state index is 9.70. The van der Waals surface area contributed by atoms with Crippen LogP contribution >= 0.6 is 0 Å². The quantitative estimate of drug-likeness (QED) is 0.499. The molecule has 1 aliphatic carbocycles. The van der Waals surface area contributed by atoms with E-state index < -0.39 is 0 Å². The minimum absolute atomic E-state index is 0.157. The van der Waals surface area contributed by atoms with E-state index in [2.05, 4.69) is 31.6 Å². The summed E-state index contributed by atoms with van der Waals surface area (Å²) in [6, 6.07) is 8.76. The number of nitriles is 1. The first kappa shape index (κ1) is 23.0. The Balaban J connectivity index is 1.46. The topological polar surface area (TPSA) is 106 Å². The van der Waals surface area contributed by atoms with Gasteiger partial charge < -0.3 is 24.5 Å². The van der Waals surface area contributed by atoms with Gasteiger partial charge in [-0.3, -0.25) is 5.32 Å². The van der Waals surface area contributed by atoms with Crippen molar-refractivity contribution in [2.45, 2.75) is 58.2 Å². The Hall–Kier alpha value is -3.77. The summed E-state index contributed by atoms with van der Waals surface area (Å²) in [5.41, 5.74) is 4.28. The van der Waals surface area contributed by atoms with E-state index in [9.17, 15) is 5.26 Å². The summed E-state index contributed by atoms with van der Waals surface area (Å²) in [7, 11) is 3.67. The number of fused-ring (bicyclic) bond motifs is 1. The van der Waals surface area contributed by atoms with Gasteiger partial charge in [0.2, 0.25) is 5.96 Å². The molecule has 3 N–H and O–H groups in total. The number of benzene rings is 1. The SMILES string of the molecule is COc1cc(-n2cc(C)nc2C)ccc1NC1=Nc2[nH]cc(C#N)c2C(NC2CCCCC2)N1C. The lowest BCUT2D eigenvalue weighted by atomic mass is 9.94. The average Bonchev–Trinajstić information content (AvgIpc) is 3.44. The summed E-state index contributed by atoms with van der Waals surface area (Å²) in [4.78, 5) is 14.6. The normalized spacial score (nSPS) is 18.1. The summed E-state index contributed by atoms with van der Waals surface area (Å²) in [5, 5.41) is 17.0. The molecular weight excluding hydrogens is 440 g/mol. The lowest BCUT2D eigenvalue weighted by Crippen LogP contribution is -2.48. The third-order valence-electron chi connectivity index (χ3n) is 6.94. The molecule has 2 aliphatic rings. The third kappa shape index (κ3) is 4.37. The molecule has 3 aromatic rings. The molecule has 1 unspecified atom stereocenters. The lowest BCUT2D eigenvalue weighted by molar-refractivity contribution is 0.244. The van der Waals surface area contributed by atoms with Crippen LogP contribution in [0.4, 0.5) is 11.5 Å². The standard InChI is InChI=1S/C26H32N8O/c1-16-15-34(17(2)29-16)20-10-11-21(22(12-20)35-4)31-26-32-24-23(18(13-27)14-28-24)25(33(26)3)30-19-8-6-5-7-9-19/h10-12,14-15,19,25,28,30H,5-9H2,1-4H3,(H,31,32). The molecule has 1 aliphatic heterocycles. The Labute approximate surface area is 205 Å². The Morgan fingerprint density at radius 3 is 2.69 bits per heavy atom. The summed E-state index contributed by atoms with van der Waals surface area (Å²) >= 11 is 0. The first-order chi connectivity index (χ1) is 17.0. The second-order valence-corrected chi connectivity index (χ2v) is 9.34. The zero-order chi connectivity index (χ0) is 24.5. The molecule has 0 radical (unpaired) electrons. The summed E-state index contributed by atoms with van der Waals surface area (Å²) in [6.07, 6.45) is 9.65. The number of methoxy groups -OCH3 is 1. The van der Waals surface area contributed by atoms with E-state index in [0.29, 0.717) is 29.1 Å². The molecule has 0 spiro atoms. The summed E-state index contributed by atoms with van der Waals surface area (Å²) in [6.45, 7) is 3.97. The predicted octanol–water partition coefficient (Wildman–Crippen LogP) is 4.66. The fourth-order valence-corrected chi connectivity index (χ4v) is 5.12. The Morgan fingerprint density at radius 2 is 2.00 bits per heavy atom. The van der Waals surface area contributed by atoms with Gasteiger partial charge in [-0.2, -0.15) is 10.3 Å². The molecule has 1 atom stereocenters. The van der Waals surface area contributed by atoms with Crippen LogP contribution in [0, 0.1) is 25.2 Å². The molecule has 0 saturated heterocycles. The van der Waals surface area contributed by atoms with Crippen LogP contribution in [-0.4, -0.2) is 45.6 Å². The van der Waals surface area contributed by atoms with Gasteiger partial charge >= 0.3 is 0 Å². The van der Waals surface area contributed by atoms with E-state index in [1.165, 1.54) is 19.3 Å². The number of aliphatic imine (C=N–C) groups is 1. The van der Waals surface area contributed by atoms with Gasteiger partial charge in [-0.15, -0.1) is 0 Å². The van der Waals surface area contributed by atoms with Gasteiger partial charge in [0.25, 0.3) is 0 Å². The molecule has 3 heterocycles. The number of hydrogen-bond donors (Lipinski definition) is 3. The fourth-order valence-electron chi connectivity index (χ4n) is 5.12. The highest BCUT2D eigenvalue weighted by molar-refractivity contribution is 5.98. The molecule has 182 valence electrons. The molecule has 9 nitrogen and oxygen atoms in total. The summed E-state index contributed by atoms with van der Waals surface area (Å²) < 4.78 is 7.78. The Kier molecular flexibility index (Phi) is 6.22. The van der Waals surface area contributed by atoms with E-state index in [1.54, 1.807) is 13.3 Å². The molecule has 5 rings (SSSR count). The van der Waals surface area contributed by atoms with Crippen molar-refractivity contribution >= 4 is 17.5 Å². The molecule has 1 fully saturated rings. The van der Waals surface area contributed by atoms with Crippen molar-refractivity contribution in [2.24, 2.45) is 4.99 Å². The molecule has 1 saturated carbocycles. The number of hydrogen-bond acceptors (Lipinski definition) is 7. The van der Waals surface area contributed by atoms with Gasteiger partial charge in [0.05, 0.1) is 35.3 Å². The molecular formula is C26H32N8O. The van der Waals surface area contributed by atoms with E-state index >= 15 is 0 Å². The number of guanidine groups is 1. The number of aryl methyl sites for hydroxylation is 2. The van der Waals surface area contributed by atoms with Crippen molar-refractivity contribution in [3.05, 3.63) is 53.2 Å². The van der Waals surface area contributed by atoms with Crippen molar-refractivity contribution in [3.8, 4) is 17.5 Å². The minimum Gasteiger partial charge on any atom is -0.494 e. The number of nitrogens with one attached hydrogen (secondary N) is 3. The van der Waals surface area contributed by atoms with Gasteiger partial charge in [0, 0.05) is 31.5 Å². The van der Waals surface area contributed by atoms with Crippen LogP contribution in [0.15, 0.2) is 35.6 Å². The van der Waals surface area contributed by atoms with E-state index in [4.69, 9.17) is 9.73 Å². The number of anilines is 1. The first-order valence-corrected chi connectivity index (χ1v) is 12.2. The van der Waals surface area contributed by atoms with E-state index in [1.807, 2.05) is 49.9 Å². The van der Waals surface area contributed by atoms with E-state index in [0.717, 1.165) is 41.3 Å². The van der Waals surface area contributed by atoms with Crippen LogP contribution in [0.25, 0.3) is 5.69 Å². The maximum Gasteiger partial charge on any atom is 0.206 e. The zero-order valence-corrected chi connectivity index (χ0v) is 20.7. The number of H-pyrrole nitrogens is 1. The highest BCUT2D eigenvalue weighted by atomic mass is 16.5. The lowest BCUT2D eigenvalue weighted by Gasteiger charge is -2.38. The number of ether oxygens (including phenoxy) is 1. The van der Waals surface area contributed by atoms with Crippen LogP contribution in [-0.2, 0) is 0 Å². The molecule has 1 aromatic carbocycles. The number of rotatable bonds is 5. The van der Waals surface area contributed by atoms with Crippen molar-refractivity contribution in [3.63, 3.8) is 0 Å². The molecule has 0 bridgehead atoms. The van der Waals surface area contributed by atoms with E-state index in [-0.39, 0.29) is 6.17 Å². The average molecular weight is 473 g/mol. The van der Waals surface area contributed by atoms with Crippen LogP contribution in [0.5, 0.6) is 5.75 Å².